The van der Waals surface area contributed by atoms with E-state index < -0.39 is 0 Å². The summed E-state index contributed by atoms with van der Waals surface area (Å²) in [6.45, 7) is 0. The first-order valence-corrected chi connectivity index (χ1v) is 20.1. The Morgan fingerprint density at radius 1 is 0.362 bits per heavy atom. The summed E-state index contributed by atoms with van der Waals surface area (Å²) in [5.74, 6) is 1.84. The van der Waals surface area contributed by atoms with Gasteiger partial charge < -0.3 is 4.42 Å². The lowest BCUT2D eigenvalue weighted by Crippen LogP contribution is -2.00. The molecule has 0 amide bonds. The molecule has 0 N–H and O–H groups in total. The van der Waals surface area contributed by atoms with Crippen molar-refractivity contribution in [2.75, 3.05) is 0 Å². The second-order valence-corrected chi connectivity index (χ2v) is 15.6. The Labute approximate surface area is 336 Å². The van der Waals surface area contributed by atoms with Gasteiger partial charge in [-0.1, -0.05) is 140 Å². The van der Waals surface area contributed by atoms with E-state index in [0.29, 0.717) is 17.5 Å². The topological polar surface area (TPSA) is 64.7 Å². The average Bonchev–Trinajstić information content (AvgIpc) is 3.88. The number of fused-ring (bicyclic) bond motifs is 10. The Balaban J connectivity index is 1.05. The van der Waals surface area contributed by atoms with Crippen LogP contribution in [0.25, 0.3) is 120 Å². The zero-order valence-corrected chi connectivity index (χ0v) is 31.7. The monoisotopic (exact) mass is 758 g/mol. The lowest BCUT2D eigenvalue weighted by Gasteiger charge is -2.15. The van der Waals surface area contributed by atoms with Crippen LogP contribution in [0.2, 0.25) is 0 Å². The highest BCUT2D eigenvalue weighted by Gasteiger charge is 2.21. The van der Waals surface area contributed by atoms with Crippen molar-refractivity contribution in [3.05, 3.63) is 182 Å². The predicted octanol–water partition coefficient (Wildman–Crippen LogP) is 14.2. The fourth-order valence-electron chi connectivity index (χ4n) is 8.37. The summed E-state index contributed by atoms with van der Waals surface area (Å²) in [7, 11) is 0. The molecule has 0 fully saturated rings. The Morgan fingerprint density at radius 2 is 0.931 bits per heavy atom. The standard InChI is InChI=1S/C52H30N4OS/c1-3-13-32(14-4-1)48-41-30-39(49-47(38-19-9-12-22-45(38)58-49)46(41)37-18-7-10-20-42(37)53-48)31-23-25-34(26-24-31)51-54-50(33-15-5-2-6-16-33)55-52(56-51)35-27-28-44-40(29-35)36-17-8-11-21-43(36)57-44/h1-30H. The van der Waals surface area contributed by atoms with Crippen LogP contribution in [0.5, 0.6) is 0 Å². The van der Waals surface area contributed by atoms with E-state index in [1.807, 2.05) is 72.0 Å². The fourth-order valence-corrected chi connectivity index (χ4v) is 9.62. The highest BCUT2D eigenvalue weighted by atomic mass is 32.1. The lowest BCUT2D eigenvalue weighted by atomic mass is 9.92. The van der Waals surface area contributed by atoms with Gasteiger partial charge in [0.25, 0.3) is 0 Å². The first kappa shape index (κ1) is 32.7. The molecule has 0 radical (unpaired) electrons. The fraction of sp³-hybridized carbons (Fsp3) is 0. The first-order chi connectivity index (χ1) is 28.7. The molecule has 8 aromatic carbocycles. The van der Waals surface area contributed by atoms with Crippen molar-refractivity contribution in [1.82, 2.24) is 19.9 Å². The Bertz CT molecular complexity index is 3560. The molecule has 4 aromatic heterocycles. The number of benzene rings is 8. The summed E-state index contributed by atoms with van der Waals surface area (Å²) in [6, 6.07) is 63.2. The molecule has 12 rings (SSSR count). The third-order valence-electron chi connectivity index (χ3n) is 11.1. The number of hydrogen-bond acceptors (Lipinski definition) is 6. The minimum Gasteiger partial charge on any atom is -0.456 e. The predicted molar refractivity (Wildman–Crippen MR) is 240 cm³/mol. The van der Waals surface area contributed by atoms with E-state index in [1.54, 1.807) is 0 Å². The van der Waals surface area contributed by atoms with Gasteiger partial charge in [0.15, 0.2) is 17.5 Å². The molecule has 0 aliphatic heterocycles. The normalized spacial score (nSPS) is 11.8. The molecule has 0 aliphatic rings. The van der Waals surface area contributed by atoms with Crippen LogP contribution in [0.4, 0.5) is 0 Å². The minimum atomic E-state index is 0.606. The Morgan fingerprint density at radius 3 is 1.71 bits per heavy atom. The minimum absolute atomic E-state index is 0.606. The SMILES string of the molecule is c1ccc(-c2nc(-c3ccc(-c4cc5c(-c6ccccc6)nc6ccccc6c5c5c4sc4ccccc45)cc3)nc(-c3ccc4oc5ccccc5c4c3)n2)cc1. The van der Waals surface area contributed by atoms with E-state index in [2.05, 4.69) is 121 Å². The third-order valence-corrected chi connectivity index (χ3v) is 12.3. The van der Waals surface area contributed by atoms with E-state index in [4.69, 9.17) is 24.4 Å². The van der Waals surface area contributed by atoms with Crippen LogP contribution in [-0.4, -0.2) is 19.9 Å². The molecule has 58 heavy (non-hydrogen) atoms. The second-order valence-electron chi connectivity index (χ2n) is 14.6. The summed E-state index contributed by atoms with van der Waals surface area (Å²) in [4.78, 5) is 20.5. The van der Waals surface area contributed by atoms with Crippen molar-refractivity contribution >= 4 is 75.1 Å². The summed E-state index contributed by atoms with van der Waals surface area (Å²) in [5, 5.41) is 8.16. The molecule has 5 nitrogen and oxygen atoms in total. The number of rotatable bonds is 5. The molecule has 0 aliphatic carbocycles. The number of thiophene rings is 1. The molecule has 12 aromatic rings. The van der Waals surface area contributed by atoms with Crippen molar-refractivity contribution in [1.29, 1.82) is 0 Å². The van der Waals surface area contributed by atoms with Gasteiger partial charge >= 0.3 is 0 Å². The van der Waals surface area contributed by atoms with Crippen molar-refractivity contribution in [2.24, 2.45) is 0 Å². The van der Waals surface area contributed by atoms with E-state index in [1.165, 1.54) is 31.1 Å². The molecule has 0 saturated heterocycles. The van der Waals surface area contributed by atoms with Gasteiger partial charge in [0, 0.05) is 74.9 Å². The molecule has 4 heterocycles. The van der Waals surface area contributed by atoms with Crippen LogP contribution in [0.1, 0.15) is 0 Å². The third kappa shape index (κ3) is 5.23. The van der Waals surface area contributed by atoms with Crippen LogP contribution in [-0.2, 0) is 0 Å². The number of furan rings is 1. The number of para-hydroxylation sites is 2. The smallest absolute Gasteiger partial charge is 0.164 e. The second kappa shape index (κ2) is 13.0. The van der Waals surface area contributed by atoms with Crippen LogP contribution in [0, 0.1) is 0 Å². The van der Waals surface area contributed by atoms with E-state index >= 15 is 0 Å². The number of aromatic nitrogens is 4. The van der Waals surface area contributed by atoms with Gasteiger partial charge in [0.2, 0.25) is 0 Å². The molecule has 0 atom stereocenters. The van der Waals surface area contributed by atoms with Crippen LogP contribution in [0.3, 0.4) is 0 Å². The van der Waals surface area contributed by atoms with E-state index in [9.17, 15) is 0 Å². The maximum atomic E-state index is 6.14. The van der Waals surface area contributed by atoms with Crippen LogP contribution < -0.4 is 0 Å². The lowest BCUT2D eigenvalue weighted by molar-refractivity contribution is 0.669. The maximum Gasteiger partial charge on any atom is 0.164 e. The van der Waals surface area contributed by atoms with Crippen molar-refractivity contribution in [3.63, 3.8) is 0 Å². The molecule has 6 heteroatoms. The van der Waals surface area contributed by atoms with Gasteiger partial charge in [-0.25, -0.2) is 19.9 Å². The van der Waals surface area contributed by atoms with Gasteiger partial charge in [-0.15, -0.1) is 11.3 Å². The largest absolute Gasteiger partial charge is 0.456 e. The first-order valence-electron chi connectivity index (χ1n) is 19.3. The Hall–Kier alpha value is -7.54. The van der Waals surface area contributed by atoms with Crippen LogP contribution >= 0.6 is 11.3 Å². The zero-order chi connectivity index (χ0) is 38.2. The molecule has 0 saturated carbocycles. The maximum absolute atomic E-state index is 6.14. The Kier molecular flexibility index (Phi) is 7.33. The van der Waals surface area contributed by atoms with E-state index in [0.717, 1.165) is 71.7 Å². The summed E-state index contributed by atoms with van der Waals surface area (Å²) >= 11 is 1.85. The molecule has 0 bridgehead atoms. The number of hydrogen-bond donors (Lipinski definition) is 0. The van der Waals surface area contributed by atoms with Gasteiger partial charge in [0.05, 0.1) is 11.2 Å². The average molecular weight is 759 g/mol. The highest BCUT2D eigenvalue weighted by molar-refractivity contribution is 7.26. The molecular weight excluding hydrogens is 729 g/mol. The van der Waals surface area contributed by atoms with Crippen molar-refractivity contribution in [3.8, 4) is 56.5 Å². The highest BCUT2D eigenvalue weighted by Crippen LogP contribution is 2.48. The van der Waals surface area contributed by atoms with Crippen molar-refractivity contribution < 1.29 is 4.42 Å². The summed E-state index contributed by atoms with van der Waals surface area (Å²) in [5.41, 5.74) is 9.78. The van der Waals surface area contributed by atoms with Gasteiger partial charge in [-0.05, 0) is 48.0 Å². The molecule has 0 spiro atoms. The number of nitrogens with zero attached hydrogens (tertiary/aromatic N) is 4. The molecule has 270 valence electrons. The van der Waals surface area contributed by atoms with Gasteiger partial charge in [-0.2, -0.15) is 0 Å². The van der Waals surface area contributed by atoms with Crippen LogP contribution in [0.15, 0.2) is 186 Å². The quantitative estimate of drug-likeness (QED) is 0.164. The van der Waals surface area contributed by atoms with Gasteiger partial charge in [0.1, 0.15) is 11.2 Å². The molecular formula is C52H30N4OS. The van der Waals surface area contributed by atoms with E-state index in [-0.39, 0.29) is 0 Å². The van der Waals surface area contributed by atoms with Crippen molar-refractivity contribution in [2.45, 2.75) is 0 Å². The summed E-state index contributed by atoms with van der Waals surface area (Å²) in [6.07, 6.45) is 0. The zero-order valence-electron chi connectivity index (χ0n) is 30.9. The summed E-state index contributed by atoms with van der Waals surface area (Å²) < 4.78 is 8.66. The van der Waals surface area contributed by atoms with Gasteiger partial charge in [-0.3, -0.25) is 0 Å². The molecule has 0 unspecified atom stereocenters. The number of pyridine rings is 1.